The number of anilines is 2. The topological polar surface area (TPSA) is 76.7 Å². The van der Waals surface area contributed by atoms with Crippen molar-refractivity contribution >= 4 is 35.0 Å². The maximum absolute atomic E-state index is 12.6. The number of rotatable bonds is 8. The van der Waals surface area contributed by atoms with Crippen LogP contribution in [-0.4, -0.2) is 31.8 Å². The van der Waals surface area contributed by atoms with E-state index >= 15 is 0 Å². The Morgan fingerprint density at radius 1 is 0.844 bits per heavy atom. The lowest BCUT2D eigenvalue weighted by Crippen LogP contribution is -2.16. The monoisotopic (exact) mass is 450 g/mol. The Kier molecular flexibility index (Phi) is 7.78. The molecule has 6 nitrogen and oxygen atoms in total. The fraction of sp³-hybridized carbons (Fsp3) is 0.200. The van der Waals surface area contributed by atoms with Crippen molar-refractivity contribution in [3.63, 3.8) is 0 Å². The van der Waals surface area contributed by atoms with Crippen molar-refractivity contribution in [1.82, 2.24) is 0 Å². The van der Waals surface area contributed by atoms with Gasteiger partial charge in [0.05, 0.1) is 31.3 Å². The van der Waals surface area contributed by atoms with E-state index in [0.717, 1.165) is 10.5 Å². The Balaban J connectivity index is 1.73. The standard InChI is InChI=1S/C25H26N2O4S/c1-16-10-11-23(17(2)12-16)32-15-24(28)26-19-13-22(31-4)20(14-21(19)30-3)27-25(29)18-8-6-5-7-9-18/h5-14H,15H2,1-4H3,(H,26,28)(H,27,29). The number of hydrogen-bond donors (Lipinski definition) is 2. The first-order chi connectivity index (χ1) is 15.4. The molecule has 0 atom stereocenters. The minimum atomic E-state index is -0.271. The highest BCUT2D eigenvalue weighted by Gasteiger charge is 2.16. The van der Waals surface area contributed by atoms with Crippen LogP contribution in [0.25, 0.3) is 0 Å². The first kappa shape index (κ1) is 23.2. The number of carbonyl (C=O) groups excluding carboxylic acids is 2. The van der Waals surface area contributed by atoms with Crippen LogP contribution in [0, 0.1) is 13.8 Å². The Hall–Kier alpha value is -3.45. The largest absolute Gasteiger partial charge is 0.494 e. The van der Waals surface area contributed by atoms with Gasteiger partial charge < -0.3 is 20.1 Å². The summed E-state index contributed by atoms with van der Waals surface area (Å²) in [5, 5.41) is 5.70. The van der Waals surface area contributed by atoms with E-state index in [9.17, 15) is 9.59 Å². The van der Waals surface area contributed by atoms with E-state index in [1.54, 1.807) is 36.4 Å². The zero-order chi connectivity index (χ0) is 23.1. The van der Waals surface area contributed by atoms with Crippen molar-refractivity contribution < 1.29 is 19.1 Å². The van der Waals surface area contributed by atoms with Crippen molar-refractivity contribution in [3.05, 3.63) is 77.4 Å². The third-order valence-corrected chi connectivity index (χ3v) is 5.94. The van der Waals surface area contributed by atoms with Gasteiger partial charge in [0.2, 0.25) is 5.91 Å². The van der Waals surface area contributed by atoms with Crippen LogP contribution in [0.5, 0.6) is 11.5 Å². The van der Waals surface area contributed by atoms with Crippen LogP contribution >= 0.6 is 11.8 Å². The van der Waals surface area contributed by atoms with Crippen LogP contribution in [0.4, 0.5) is 11.4 Å². The number of amides is 2. The van der Waals surface area contributed by atoms with E-state index in [-0.39, 0.29) is 17.6 Å². The van der Waals surface area contributed by atoms with E-state index < -0.39 is 0 Å². The van der Waals surface area contributed by atoms with Gasteiger partial charge in [-0.05, 0) is 37.6 Å². The number of nitrogens with one attached hydrogen (secondary N) is 2. The molecule has 0 aromatic heterocycles. The second kappa shape index (κ2) is 10.7. The predicted octanol–water partition coefficient (Wildman–Crippen LogP) is 5.30. The third-order valence-electron chi connectivity index (χ3n) is 4.77. The van der Waals surface area contributed by atoms with E-state index in [0.29, 0.717) is 28.4 Å². The molecule has 0 bridgehead atoms. The Morgan fingerprint density at radius 2 is 1.47 bits per heavy atom. The van der Waals surface area contributed by atoms with Crippen LogP contribution in [0.15, 0.2) is 65.6 Å². The van der Waals surface area contributed by atoms with Gasteiger partial charge in [-0.1, -0.05) is 35.9 Å². The Labute approximate surface area is 192 Å². The maximum atomic E-state index is 12.6. The van der Waals surface area contributed by atoms with Gasteiger partial charge in [0.15, 0.2) is 0 Å². The maximum Gasteiger partial charge on any atom is 0.255 e. The zero-order valence-corrected chi connectivity index (χ0v) is 19.3. The lowest BCUT2D eigenvalue weighted by atomic mass is 10.2. The number of carbonyl (C=O) groups is 2. The van der Waals surface area contributed by atoms with Crippen molar-refractivity contribution in [2.45, 2.75) is 18.7 Å². The minimum Gasteiger partial charge on any atom is -0.494 e. The third kappa shape index (κ3) is 5.82. The average Bonchev–Trinajstić information content (AvgIpc) is 2.79. The molecular formula is C25H26N2O4S. The quantitative estimate of drug-likeness (QED) is 0.455. The van der Waals surface area contributed by atoms with Crippen LogP contribution in [-0.2, 0) is 4.79 Å². The molecule has 7 heteroatoms. The van der Waals surface area contributed by atoms with E-state index in [2.05, 4.69) is 16.7 Å². The molecule has 0 heterocycles. The van der Waals surface area contributed by atoms with Gasteiger partial charge in [-0.15, -0.1) is 11.8 Å². The highest BCUT2D eigenvalue weighted by Crippen LogP contribution is 2.37. The van der Waals surface area contributed by atoms with Crippen LogP contribution in [0.2, 0.25) is 0 Å². The molecule has 166 valence electrons. The number of benzene rings is 3. The fourth-order valence-corrected chi connectivity index (χ4v) is 3.98. The summed E-state index contributed by atoms with van der Waals surface area (Å²) in [6.07, 6.45) is 0. The molecule has 0 aliphatic rings. The van der Waals surface area contributed by atoms with Crippen molar-refractivity contribution in [1.29, 1.82) is 0 Å². The SMILES string of the molecule is COc1cc(NC(=O)c2ccccc2)c(OC)cc1NC(=O)CSc1ccc(C)cc1C. The predicted molar refractivity (Wildman–Crippen MR) is 129 cm³/mol. The highest BCUT2D eigenvalue weighted by molar-refractivity contribution is 8.00. The van der Waals surface area contributed by atoms with Gasteiger partial charge in [0, 0.05) is 22.6 Å². The van der Waals surface area contributed by atoms with Gasteiger partial charge in [-0.25, -0.2) is 0 Å². The lowest BCUT2D eigenvalue weighted by Gasteiger charge is -2.16. The first-order valence-electron chi connectivity index (χ1n) is 10.0. The molecular weight excluding hydrogens is 424 g/mol. The smallest absolute Gasteiger partial charge is 0.255 e. The number of ether oxygens (including phenoxy) is 2. The summed E-state index contributed by atoms with van der Waals surface area (Å²) in [5.41, 5.74) is 3.76. The molecule has 0 saturated carbocycles. The van der Waals surface area contributed by atoms with Crippen LogP contribution in [0.1, 0.15) is 21.5 Å². The molecule has 0 saturated heterocycles. The molecule has 0 aliphatic heterocycles. The summed E-state index contributed by atoms with van der Waals surface area (Å²) in [5.74, 6) is 0.637. The Bertz CT molecular complexity index is 1120. The van der Waals surface area contributed by atoms with Crippen molar-refractivity contribution in [2.24, 2.45) is 0 Å². The molecule has 3 aromatic carbocycles. The fourth-order valence-electron chi connectivity index (χ4n) is 3.17. The van der Waals surface area contributed by atoms with Crippen molar-refractivity contribution in [3.8, 4) is 11.5 Å². The zero-order valence-electron chi connectivity index (χ0n) is 18.5. The lowest BCUT2D eigenvalue weighted by molar-refractivity contribution is -0.113. The summed E-state index contributed by atoms with van der Waals surface area (Å²) in [7, 11) is 3.01. The van der Waals surface area contributed by atoms with Crippen molar-refractivity contribution in [2.75, 3.05) is 30.6 Å². The second-order valence-electron chi connectivity index (χ2n) is 7.18. The van der Waals surface area contributed by atoms with Gasteiger partial charge in [-0.2, -0.15) is 0 Å². The van der Waals surface area contributed by atoms with E-state index in [1.165, 1.54) is 31.5 Å². The average molecular weight is 451 g/mol. The highest BCUT2D eigenvalue weighted by atomic mass is 32.2. The molecule has 2 amide bonds. The second-order valence-corrected chi connectivity index (χ2v) is 8.20. The van der Waals surface area contributed by atoms with E-state index in [1.807, 2.05) is 32.0 Å². The normalized spacial score (nSPS) is 10.4. The summed E-state index contributed by atoms with van der Waals surface area (Å²) < 4.78 is 10.9. The van der Waals surface area contributed by atoms with Crippen LogP contribution < -0.4 is 20.1 Å². The molecule has 0 aliphatic carbocycles. The molecule has 0 spiro atoms. The molecule has 0 radical (unpaired) electrons. The Morgan fingerprint density at radius 3 is 2.06 bits per heavy atom. The molecule has 0 fully saturated rings. The number of hydrogen-bond acceptors (Lipinski definition) is 5. The van der Waals surface area contributed by atoms with Gasteiger partial charge >= 0.3 is 0 Å². The first-order valence-corrected chi connectivity index (χ1v) is 11.0. The van der Waals surface area contributed by atoms with Gasteiger partial charge in [0.25, 0.3) is 5.91 Å². The summed E-state index contributed by atoms with van der Waals surface area (Å²) >= 11 is 1.47. The summed E-state index contributed by atoms with van der Waals surface area (Å²) in [6, 6.07) is 18.3. The van der Waals surface area contributed by atoms with Crippen LogP contribution in [0.3, 0.4) is 0 Å². The van der Waals surface area contributed by atoms with Gasteiger partial charge in [0.1, 0.15) is 11.5 Å². The van der Waals surface area contributed by atoms with Gasteiger partial charge in [-0.3, -0.25) is 9.59 Å². The molecule has 3 rings (SSSR count). The summed E-state index contributed by atoms with van der Waals surface area (Å²) in [4.78, 5) is 26.2. The number of methoxy groups -OCH3 is 2. The molecule has 0 unspecified atom stereocenters. The number of thioether (sulfide) groups is 1. The minimum absolute atomic E-state index is 0.170. The molecule has 3 aromatic rings. The van der Waals surface area contributed by atoms with E-state index in [4.69, 9.17) is 9.47 Å². The molecule has 32 heavy (non-hydrogen) atoms. The number of aryl methyl sites for hydroxylation is 2. The summed E-state index contributed by atoms with van der Waals surface area (Å²) in [6.45, 7) is 4.07. The molecule has 2 N–H and O–H groups in total.